The third-order valence-electron chi connectivity index (χ3n) is 3.64. The van der Waals surface area contributed by atoms with Crippen LogP contribution < -0.4 is 15.7 Å². The predicted molar refractivity (Wildman–Crippen MR) is 100 cm³/mol. The number of rotatable bonds is 7. The Morgan fingerprint density at radius 2 is 1.81 bits per heavy atom. The smallest absolute Gasteiger partial charge is 0.268 e. The number of benzene rings is 1. The zero-order valence-electron chi connectivity index (χ0n) is 14.7. The van der Waals surface area contributed by atoms with E-state index in [9.17, 15) is 19.5 Å². The first kappa shape index (κ1) is 20.4. The van der Waals surface area contributed by atoms with Gasteiger partial charge in [-0.1, -0.05) is 29.8 Å². The molecule has 1 atom stereocenters. The van der Waals surface area contributed by atoms with Crippen LogP contribution >= 0.6 is 15.9 Å². The van der Waals surface area contributed by atoms with E-state index in [1.807, 2.05) is 0 Å². The van der Waals surface area contributed by atoms with Crippen molar-refractivity contribution in [3.8, 4) is 0 Å². The van der Waals surface area contributed by atoms with Crippen LogP contribution in [-0.2, 0) is 9.59 Å². The highest BCUT2D eigenvalue weighted by Crippen LogP contribution is 2.12. The van der Waals surface area contributed by atoms with E-state index in [0.717, 1.165) is 4.47 Å². The Kier molecular flexibility index (Phi) is 6.95. The van der Waals surface area contributed by atoms with Gasteiger partial charge in [0.25, 0.3) is 11.8 Å². The van der Waals surface area contributed by atoms with E-state index in [0.29, 0.717) is 11.3 Å². The van der Waals surface area contributed by atoms with Crippen molar-refractivity contribution in [1.29, 1.82) is 0 Å². The van der Waals surface area contributed by atoms with Crippen molar-refractivity contribution < 1.29 is 23.9 Å². The van der Waals surface area contributed by atoms with Gasteiger partial charge in [-0.05, 0) is 42.3 Å². The average molecular weight is 434 g/mol. The van der Waals surface area contributed by atoms with Crippen molar-refractivity contribution in [3.05, 3.63) is 64.2 Å². The summed E-state index contributed by atoms with van der Waals surface area (Å²) in [7, 11) is 0. The monoisotopic (exact) mass is 433 g/mol. The van der Waals surface area contributed by atoms with Crippen LogP contribution in [-0.4, -0.2) is 23.8 Å². The molecule has 0 aliphatic heterocycles. The zero-order valence-corrected chi connectivity index (χ0v) is 16.3. The van der Waals surface area contributed by atoms with E-state index in [1.54, 1.807) is 50.2 Å². The predicted octanol–water partition coefficient (Wildman–Crippen LogP) is 1.70. The first-order chi connectivity index (χ1) is 12.8. The Hall–Kier alpha value is -2.87. The molecule has 0 unspecified atom stereocenters. The molecular formula is C19H18BrN2O5-. The molecule has 2 rings (SSSR count). The molecule has 0 aliphatic rings. The minimum atomic E-state index is -1.41. The van der Waals surface area contributed by atoms with Crippen LogP contribution in [0.2, 0.25) is 0 Å². The van der Waals surface area contributed by atoms with Crippen molar-refractivity contribution in [2.45, 2.75) is 19.9 Å². The van der Waals surface area contributed by atoms with Gasteiger partial charge in [0.05, 0.1) is 18.3 Å². The van der Waals surface area contributed by atoms with Crippen LogP contribution in [0.25, 0.3) is 6.08 Å². The molecule has 0 radical (unpaired) electrons. The van der Waals surface area contributed by atoms with E-state index in [4.69, 9.17) is 4.42 Å². The SMILES string of the molecule is CC(C)[C@H](NC(=O)/C(=C/c1ccco1)NC(=O)c1ccc(Br)cc1)C(=O)[O-]. The van der Waals surface area contributed by atoms with Gasteiger partial charge >= 0.3 is 0 Å². The summed E-state index contributed by atoms with van der Waals surface area (Å²) in [6.45, 7) is 3.27. The summed E-state index contributed by atoms with van der Waals surface area (Å²) >= 11 is 3.28. The molecule has 1 heterocycles. The second kappa shape index (κ2) is 9.18. The molecule has 1 aromatic heterocycles. The lowest BCUT2D eigenvalue weighted by Gasteiger charge is -2.24. The molecule has 0 aliphatic carbocycles. The third-order valence-corrected chi connectivity index (χ3v) is 4.16. The maximum Gasteiger partial charge on any atom is 0.268 e. The van der Waals surface area contributed by atoms with Crippen molar-refractivity contribution in [3.63, 3.8) is 0 Å². The van der Waals surface area contributed by atoms with Gasteiger partial charge in [0, 0.05) is 16.1 Å². The summed E-state index contributed by atoms with van der Waals surface area (Å²) in [6.07, 6.45) is 2.73. The summed E-state index contributed by atoms with van der Waals surface area (Å²) in [5.74, 6) is -2.77. The van der Waals surface area contributed by atoms with E-state index in [1.165, 1.54) is 12.3 Å². The Morgan fingerprint density at radius 1 is 1.15 bits per heavy atom. The van der Waals surface area contributed by atoms with Gasteiger partial charge in [-0.25, -0.2) is 0 Å². The Balaban J connectivity index is 2.26. The average Bonchev–Trinajstić information content (AvgIpc) is 3.11. The fourth-order valence-electron chi connectivity index (χ4n) is 2.19. The number of nitrogens with one attached hydrogen (secondary N) is 2. The number of halogens is 1. The van der Waals surface area contributed by atoms with Crippen molar-refractivity contribution in [2.24, 2.45) is 5.92 Å². The van der Waals surface area contributed by atoms with Crippen molar-refractivity contribution in [1.82, 2.24) is 10.6 Å². The Labute approximate surface area is 164 Å². The van der Waals surface area contributed by atoms with Crippen molar-refractivity contribution in [2.75, 3.05) is 0 Å². The third kappa shape index (κ3) is 5.82. The second-order valence-corrected chi connectivity index (χ2v) is 6.96. The molecule has 0 bridgehead atoms. The van der Waals surface area contributed by atoms with E-state index in [2.05, 4.69) is 26.6 Å². The number of hydrogen-bond donors (Lipinski definition) is 2. The number of aliphatic carboxylic acids is 1. The zero-order chi connectivity index (χ0) is 20.0. The number of carboxylic acids is 1. The van der Waals surface area contributed by atoms with Gasteiger partial charge in [-0.3, -0.25) is 9.59 Å². The molecule has 142 valence electrons. The number of hydrogen-bond acceptors (Lipinski definition) is 5. The lowest BCUT2D eigenvalue weighted by molar-refractivity contribution is -0.309. The highest BCUT2D eigenvalue weighted by molar-refractivity contribution is 9.10. The van der Waals surface area contributed by atoms with Gasteiger partial charge in [-0.15, -0.1) is 0 Å². The van der Waals surface area contributed by atoms with Crippen LogP contribution in [0.4, 0.5) is 0 Å². The van der Waals surface area contributed by atoms with Crippen LogP contribution in [0, 0.1) is 5.92 Å². The maximum atomic E-state index is 12.6. The molecular weight excluding hydrogens is 416 g/mol. The van der Waals surface area contributed by atoms with E-state index < -0.39 is 29.7 Å². The fraction of sp³-hybridized carbons (Fsp3) is 0.211. The number of carbonyl (C=O) groups is 3. The van der Waals surface area contributed by atoms with Gasteiger partial charge in [-0.2, -0.15) is 0 Å². The molecule has 2 N–H and O–H groups in total. The molecule has 0 saturated heterocycles. The van der Waals surface area contributed by atoms with Gasteiger partial charge in [0.2, 0.25) is 0 Å². The normalized spacial score (nSPS) is 12.5. The van der Waals surface area contributed by atoms with Crippen LogP contribution in [0.15, 0.2) is 57.2 Å². The van der Waals surface area contributed by atoms with Crippen LogP contribution in [0.1, 0.15) is 30.0 Å². The van der Waals surface area contributed by atoms with Gasteiger partial charge < -0.3 is 25.0 Å². The Morgan fingerprint density at radius 3 is 2.33 bits per heavy atom. The standard InChI is InChI=1S/C19H19BrN2O5/c1-11(2)16(19(25)26)22-18(24)15(10-14-4-3-9-27-14)21-17(23)12-5-7-13(20)8-6-12/h3-11,16H,1-2H3,(H,21,23)(H,22,24)(H,25,26)/p-1/b15-10-/t16-/m0/s1. The Bertz CT molecular complexity index is 841. The van der Waals surface area contributed by atoms with Crippen LogP contribution in [0.5, 0.6) is 0 Å². The minimum absolute atomic E-state index is 0.148. The van der Waals surface area contributed by atoms with E-state index in [-0.39, 0.29) is 5.70 Å². The number of carbonyl (C=O) groups excluding carboxylic acids is 3. The summed E-state index contributed by atoms with van der Waals surface area (Å²) in [4.78, 5) is 36.3. The first-order valence-electron chi connectivity index (χ1n) is 8.11. The minimum Gasteiger partial charge on any atom is -0.548 e. The maximum absolute atomic E-state index is 12.6. The molecule has 8 heteroatoms. The highest BCUT2D eigenvalue weighted by atomic mass is 79.9. The lowest BCUT2D eigenvalue weighted by atomic mass is 10.0. The molecule has 2 aromatic rings. The number of furan rings is 1. The number of carboxylic acid groups (broad SMARTS) is 1. The molecule has 1 aromatic carbocycles. The lowest BCUT2D eigenvalue weighted by Crippen LogP contribution is -2.52. The topological polar surface area (TPSA) is 111 Å². The number of amides is 2. The molecule has 27 heavy (non-hydrogen) atoms. The summed E-state index contributed by atoms with van der Waals surface area (Å²) in [6, 6.07) is 8.56. The molecule has 0 saturated carbocycles. The molecule has 0 spiro atoms. The molecule has 7 nitrogen and oxygen atoms in total. The van der Waals surface area contributed by atoms with E-state index >= 15 is 0 Å². The van der Waals surface area contributed by atoms with Gasteiger partial charge in [0.1, 0.15) is 11.5 Å². The largest absolute Gasteiger partial charge is 0.548 e. The summed E-state index contributed by atoms with van der Waals surface area (Å²) < 4.78 is 5.98. The molecule has 0 fully saturated rings. The molecule has 2 amide bonds. The second-order valence-electron chi connectivity index (χ2n) is 6.05. The first-order valence-corrected chi connectivity index (χ1v) is 8.91. The quantitative estimate of drug-likeness (QED) is 0.645. The summed E-state index contributed by atoms with van der Waals surface area (Å²) in [5, 5.41) is 16.1. The van der Waals surface area contributed by atoms with Gasteiger partial charge in [0.15, 0.2) is 0 Å². The summed E-state index contributed by atoms with van der Waals surface area (Å²) in [5.41, 5.74) is 0.182. The van der Waals surface area contributed by atoms with Crippen LogP contribution in [0.3, 0.4) is 0 Å². The fourth-order valence-corrected chi connectivity index (χ4v) is 2.45. The highest BCUT2D eigenvalue weighted by Gasteiger charge is 2.21. The van der Waals surface area contributed by atoms with Crippen molar-refractivity contribution >= 4 is 39.8 Å².